The lowest BCUT2D eigenvalue weighted by Crippen LogP contribution is -2.71. The zero-order chi connectivity index (χ0) is 26.9. The summed E-state index contributed by atoms with van der Waals surface area (Å²) in [6.07, 6.45) is 0. The normalized spacial score (nSPS) is 21.6. The van der Waals surface area contributed by atoms with Gasteiger partial charge in [0, 0.05) is 26.6 Å². The predicted octanol–water partition coefficient (Wildman–Crippen LogP) is 1.67. The Kier molecular flexibility index (Phi) is 8.19. The van der Waals surface area contributed by atoms with Crippen LogP contribution in [-0.2, 0) is 19.2 Å². The van der Waals surface area contributed by atoms with Gasteiger partial charge >= 0.3 is 17.8 Å². The molecule has 36 heavy (non-hydrogen) atoms. The molecule has 10 nitrogen and oxygen atoms in total. The van der Waals surface area contributed by atoms with Gasteiger partial charge in [-0.25, -0.2) is 4.79 Å². The zero-order valence-corrected chi connectivity index (χ0v) is 24.0. The molecule has 12 heteroatoms. The number of carbonyl (C=O) groups is 5. The highest BCUT2D eigenvalue weighted by Crippen LogP contribution is 2.38. The number of nitrogens with zero attached hydrogens (tertiary/aromatic N) is 4. The summed E-state index contributed by atoms with van der Waals surface area (Å²) in [5.41, 5.74) is 0.988. The number of rotatable bonds is 6. The van der Waals surface area contributed by atoms with Crippen LogP contribution in [0.25, 0.3) is 0 Å². The maximum Gasteiger partial charge on any atom is 0.329 e. The number of benzene rings is 1. The van der Waals surface area contributed by atoms with Crippen molar-refractivity contribution in [3.8, 4) is 0 Å². The van der Waals surface area contributed by atoms with Crippen LogP contribution in [0.5, 0.6) is 0 Å². The van der Waals surface area contributed by atoms with E-state index in [0.29, 0.717) is 17.8 Å². The fourth-order valence-electron chi connectivity index (χ4n) is 4.18. The van der Waals surface area contributed by atoms with Crippen molar-refractivity contribution in [1.29, 1.82) is 0 Å². The average molecular weight is 534 g/mol. The Labute approximate surface area is 219 Å². The molecule has 1 aromatic carbocycles. The van der Waals surface area contributed by atoms with Crippen LogP contribution >= 0.6 is 12.6 Å². The molecule has 3 rings (SSSR count). The summed E-state index contributed by atoms with van der Waals surface area (Å²) in [6.45, 7) is 12.4. The second kappa shape index (κ2) is 10.6. The van der Waals surface area contributed by atoms with Crippen molar-refractivity contribution in [2.24, 2.45) is 5.41 Å². The van der Waals surface area contributed by atoms with Crippen LogP contribution in [0.4, 0.5) is 16.2 Å². The first-order valence-electron chi connectivity index (χ1n) is 12.1. The first-order valence-corrected chi connectivity index (χ1v) is 14.0. The van der Waals surface area contributed by atoms with Crippen LogP contribution in [0.3, 0.4) is 0 Å². The molecule has 2 aliphatic rings. The number of hydrogen-bond donors (Lipinski definition) is 2. The molecule has 0 bridgehead atoms. The Hall–Kier alpha value is -2.86. The molecule has 2 aliphatic heterocycles. The third-order valence-corrected chi connectivity index (χ3v) is 10.8. The molecule has 1 N–H and O–H groups in total. The van der Waals surface area contributed by atoms with E-state index in [2.05, 4.69) is 45.6 Å². The van der Waals surface area contributed by atoms with Crippen LogP contribution < -0.4 is 10.2 Å². The predicted molar refractivity (Wildman–Crippen MR) is 143 cm³/mol. The molecule has 0 spiro atoms. The summed E-state index contributed by atoms with van der Waals surface area (Å²) in [7, 11) is -0.960. The smallest absolute Gasteiger partial charge is 0.329 e. The summed E-state index contributed by atoms with van der Waals surface area (Å²) in [5.74, 6) is -2.17. The summed E-state index contributed by atoms with van der Waals surface area (Å²) in [4.78, 5) is 67.2. The number of nitrogens with one attached hydrogen (secondary N) is 1. The fraction of sp³-hybridized carbons (Fsp3) is 0.542. The van der Waals surface area contributed by atoms with Gasteiger partial charge in [0.25, 0.3) is 0 Å². The molecule has 3 atom stereocenters. The summed E-state index contributed by atoms with van der Waals surface area (Å²) < 4.78 is 1.79. The van der Waals surface area contributed by atoms with E-state index in [1.165, 1.54) is 16.7 Å². The molecule has 2 saturated heterocycles. The van der Waals surface area contributed by atoms with Gasteiger partial charge in [-0.05, 0) is 30.0 Å². The molecular formula is C24H35N5O5SSi. The fourth-order valence-corrected chi connectivity index (χ4v) is 6.76. The minimum Gasteiger partial charge on any atom is -0.360 e. The van der Waals surface area contributed by atoms with E-state index in [0.717, 1.165) is 4.90 Å². The molecule has 2 heterocycles. The SMILES string of the molecule is CCN1CCN(C(=O)Nc2ccccc2N(C(C)=O)[C@@H]2C(=O)N([SiH2]C(C)C(C)(C)C)[C@@H]2S)C(=O)C1=O. The quantitative estimate of drug-likeness (QED) is 0.250. The lowest BCUT2D eigenvalue weighted by Gasteiger charge is -2.51. The summed E-state index contributed by atoms with van der Waals surface area (Å²) >= 11 is 4.68. The number of anilines is 2. The second-order valence-electron chi connectivity index (χ2n) is 10.3. The van der Waals surface area contributed by atoms with Gasteiger partial charge in [-0.3, -0.25) is 29.0 Å². The molecule has 0 radical (unpaired) electrons. The van der Waals surface area contributed by atoms with Crippen LogP contribution in [-0.4, -0.2) is 84.8 Å². The highest BCUT2D eigenvalue weighted by atomic mass is 32.1. The topological polar surface area (TPSA) is 110 Å². The van der Waals surface area contributed by atoms with E-state index in [4.69, 9.17) is 0 Å². The molecule has 0 aliphatic carbocycles. The van der Waals surface area contributed by atoms with Crippen molar-refractivity contribution >= 4 is 63.3 Å². The molecule has 0 saturated carbocycles. The van der Waals surface area contributed by atoms with Crippen molar-refractivity contribution in [2.75, 3.05) is 29.9 Å². The Morgan fingerprint density at radius 2 is 1.81 bits per heavy atom. The Bertz CT molecular complexity index is 1080. The first kappa shape index (κ1) is 27.7. The number of thiol groups is 1. The van der Waals surface area contributed by atoms with E-state index in [1.807, 2.05) is 0 Å². The van der Waals surface area contributed by atoms with Gasteiger partial charge in [-0.1, -0.05) is 39.8 Å². The number of likely N-dealkylation sites (N-methyl/N-ethyl adjacent to an activating group) is 1. The van der Waals surface area contributed by atoms with Crippen molar-refractivity contribution in [1.82, 2.24) is 14.4 Å². The number of imide groups is 1. The number of carbonyl (C=O) groups excluding carboxylic acids is 5. The van der Waals surface area contributed by atoms with Crippen molar-refractivity contribution in [2.45, 2.75) is 58.5 Å². The molecule has 1 unspecified atom stereocenters. The molecule has 1 aromatic rings. The number of β-lactam (4-membered cyclic amide) rings is 1. The van der Waals surface area contributed by atoms with Gasteiger partial charge in [-0.2, -0.15) is 12.6 Å². The molecule has 196 valence electrons. The third-order valence-electron chi connectivity index (χ3n) is 7.05. The van der Waals surface area contributed by atoms with E-state index < -0.39 is 38.9 Å². The Morgan fingerprint density at radius 3 is 2.36 bits per heavy atom. The minimum atomic E-state index is -0.960. The van der Waals surface area contributed by atoms with E-state index in [1.54, 1.807) is 35.8 Å². The van der Waals surface area contributed by atoms with Crippen molar-refractivity contribution in [3.63, 3.8) is 0 Å². The van der Waals surface area contributed by atoms with E-state index in [-0.39, 0.29) is 36.0 Å². The Morgan fingerprint density at radius 1 is 1.17 bits per heavy atom. The summed E-state index contributed by atoms with van der Waals surface area (Å²) in [5, 5.41) is 2.20. The number of para-hydroxylation sites is 2. The molecule has 6 amide bonds. The van der Waals surface area contributed by atoms with Crippen molar-refractivity contribution in [3.05, 3.63) is 24.3 Å². The lowest BCUT2D eigenvalue weighted by molar-refractivity contribution is -0.153. The van der Waals surface area contributed by atoms with Crippen LogP contribution in [0, 0.1) is 5.41 Å². The number of amides is 6. The zero-order valence-electron chi connectivity index (χ0n) is 21.6. The second-order valence-corrected chi connectivity index (χ2v) is 13.1. The first-order chi connectivity index (χ1) is 16.8. The number of hydrogen-bond acceptors (Lipinski definition) is 6. The molecule has 2 fully saturated rings. The van der Waals surface area contributed by atoms with E-state index in [9.17, 15) is 24.0 Å². The van der Waals surface area contributed by atoms with Gasteiger partial charge in [0.15, 0.2) is 0 Å². The molecular weight excluding hydrogens is 498 g/mol. The standard InChI is InChI=1S/C24H35N5O5SSi/c1-7-26-12-13-27(21(33)20(26)32)23(34)25-16-10-8-9-11-17(16)28(15(3)30)18-19(31)29(22(18)35)36-14(2)24(4,5)6/h8-11,14,18,22,35H,7,12-13,36H2,1-6H3,(H,25,34)/t14?,18-,22-/m1/s1. The minimum absolute atomic E-state index is 0.0592. The number of urea groups is 1. The largest absolute Gasteiger partial charge is 0.360 e. The van der Waals surface area contributed by atoms with Crippen molar-refractivity contribution < 1.29 is 24.0 Å². The highest BCUT2D eigenvalue weighted by Gasteiger charge is 2.51. The van der Waals surface area contributed by atoms with Gasteiger partial charge in [0.2, 0.25) is 11.8 Å². The van der Waals surface area contributed by atoms with Gasteiger partial charge in [0.05, 0.1) is 16.7 Å². The van der Waals surface area contributed by atoms with E-state index >= 15 is 0 Å². The van der Waals surface area contributed by atoms with Gasteiger partial charge < -0.3 is 14.8 Å². The van der Waals surface area contributed by atoms with Crippen LogP contribution in [0.2, 0.25) is 5.54 Å². The monoisotopic (exact) mass is 533 g/mol. The summed E-state index contributed by atoms with van der Waals surface area (Å²) in [6, 6.07) is 5.01. The lowest BCUT2D eigenvalue weighted by atomic mass is 9.93. The molecule has 0 aromatic heterocycles. The average Bonchev–Trinajstić information content (AvgIpc) is 2.81. The highest BCUT2D eigenvalue weighted by molar-refractivity contribution is 7.81. The third kappa shape index (κ3) is 5.29. The van der Waals surface area contributed by atoms with Gasteiger partial charge in [-0.15, -0.1) is 0 Å². The van der Waals surface area contributed by atoms with Crippen LogP contribution in [0.1, 0.15) is 41.5 Å². The Balaban J connectivity index is 1.82. The maximum atomic E-state index is 13.2. The number of piperazine rings is 1. The van der Waals surface area contributed by atoms with Crippen LogP contribution in [0.15, 0.2) is 24.3 Å². The van der Waals surface area contributed by atoms with Gasteiger partial charge in [0.1, 0.15) is 15.7 Å². The maximum absolute atomic E-state index is 13.2.